The lowest BCUT2D eigenvalue weighted by Crippen LogP contribution is -2.13. The second kappa shape index (κ2) is 7.26. The molecular weight excluding hydrogens is 302 g/mol. The summed E-state index contributed by atoms with van der Waals surface area (Å²) in [6.45, 7) is -0.340. The van der Waals surface area contributed by atoms with Crippen molar-refractivity contribution in [2.24, 2.45) is 0 Å². The van der Waals surface area contributed by atoms with E-state index in [9.17, 15) is 14.9 Å². The summed E-state index contributed by atoms with van der Waals surface area (Å²) < 4.78 is 15.4. The lowest BCUT2D eigenvalue weighted by Gasteiger charge is -2.09. The van der Waals surface area contributed by atoms with Crippen molar-refractivity contribution in [3.63, 3.8) is 0 Å². The molecule has 120 valence electrons. The highest BCUT2D eigenvalue weighted by molar-refractivity contribution is 5.99. The number of rotatable bonds is 7. The Kier molecular flexibility index (Phi) is 5.14. The van der Waals surface area contributed by atoms with E-state index >= 15 is 0 Å². The van der Waals surface area contributed by atoms with Gasteiger partial charge in [0.1, 0.15) is 11.5 Å². The maximum absolute atomic E-state index is 12.2. The molecular formula is C16H15NO6. The maximum atomic E-state index is 12.2. The zero-order valence-electron chi connectivity index (χ0n) is 12.6. The molecule has 0 aliphatic carbocycles. The van der Waals surface area contributed by atoms with Gasteiger partial charge in [-0.3, -0.25) is 14.9 Å². The Morgan fingerprint density at radius 1 is 1.09 bits per heavy atom. The number of nitro groups is 1. The van der Waals surface area contributed by atoms with Crippen LogP contribution in [0.25, 0.3) is 0 Å². The van der Waals surface area contributed by atoms with E-state index in [0.29, 0.717) is 17.1 Å². The Bertz CT molecular complexity index is 728. The van der Waals surface area contributed by atoms with Crippen LogP contribution in [0.3, 0.4) is 0 Å². The lowest BCUT2D eigenvalue weighted by molar-refractivity contribution is -0.385. The summed E-state index contributed by atoms with van der Waals surface area (Å²) >= 11 is 0. The molecule has 2 aromatic rings. The zero-order chi connectivity index (χ0) is 16.8. The van der Waals surface area contributed by atoms with Gasteiger partial charge >= 0.3 is 5.69 Å². The third kappa shape index (κ3) is 3.76. The fourth-order valence-corrected chi connectivity index (χ4v) is 1.98. The number of methoxy groups -OCH3 is 2. The van der Waals surface area contributed by atoms with Gasteiger partial charge in [0, 0.05) is 0 Å². The first-order valence-electron chi connectivity index (χ1n) is 6.68. The van der Waals surface area contributed by atoms with Crippen LogP contribution in [0.5, 0.6) is 17.2 Å². The molecule has 0 aliphatic rings. The van der Waals surface area contributed by atoms with E-state index in [1.165, 1.54) is 32.4 Å². The predicted octanol–water partition coefficient (Wildman–Crippen LogP) is 2.87. The summed E-state index contributed by atoms with van der Waals surface area (Å²) in [4.78, 5) is 22.7. The molecule has 0 saturated carbocycles. The van der Waals surface area contributed by atoms with Crippen LogP contribution in [-0.2, 0) is 0 Å². The summed E-state index contributed by atoms with van der Waals surface area (Å²) in [7, 11) is 2.87. The highest BCUT2D eigenvalue weighted by Crippen LogP contribution is 2.31. The number of nitrogens with zero attached hydrogens (tertiary/aromatic N) is 1. The van der Waals surface area contributed by atoms with Gasteiger partial charge in [-0.15, -0.1) is 0 Å². The summed E-state index contributed by atoms with van der Waals surface area (Å²) in [5.41, 5.74) is 0.0864. The molecule has 7 nitrogen and oxygen atoms in total. The molecule has 0 spiro atoms. The monoisotopic (exact) mass is 317 g/mol. The summed E-state index contributed by atoms with van der Waals surface area (Å²) in [6, 6.07) is 10.9. The van der Waals surface area contributed by atoms with Crippen LogP contribution in [0.1, 0.15) is 10.4 Å². The number of para-hydroxylation sites is 1. The van der Waals surface area contributed by atoms with E-state index < -0.39 is 4.92 Å². The van der Waals surface area contributed by atoms with Crippen LogP contribution in [0.4, 0.5) is 5.69 Å². The SMILES string of the molecule is COc1ccc(OCC(=O)c2ccccc2OC)c([N+](=O)[O-])c1. The molecule has 2 rings (SSSR count). The van der Waals surface area contributed by atoms with E-state index in [0.717, 1.165) is 0 Å². The average molecular weight is 317 g/mol. The number of carbonyl (C=O) groups excluding carboxylic acids is 1. The second-order valence-electron chi connectivity index (χ2n) is 4.50. The van der Waals surface area contributed by atoms with Gasteiger partial charge in [0.15, 0.2) is 12.4 Å². The number of hydrogen-bond acceptors (Lipinski definition) is 6. The van der Waals surface area contributed by atoms with Crippen molar-refractivity contribution < 1.29 is 23.9 Å². The standard InChI is InChI=1S/C16H15NO6/c1-21-11-7-8-16(13(9-11)17(19)20)23-10-14(18)12-5-3-4-6-15(12)22-2/h3-9H,10H2,1-2H3. The minimum atomic E-state index is -0.592. The minimum absolute atomic E-state index is 0.000882. The average Bonchev–Trinajstić information content (AvgIpc) is 2.59. The van der Waals surface area contributed by atoms with Crippen LogP contribution in [0.15, 0.2) is 42.5 Å². The Morgan fingerprint density at radius 2 is 1.83 bits per heavy atom. The van der Waals surface area contributed by atoms with Gasteiger partial charge in [-0.1, -0.05) is 12.1 Å². The van der Waals surface area contributed by atoms with Crippen molar-refractivity contribution in [1.82, 2.24) is 0 Å². The Morgan fingerprint density at radius 3 is 2.48 bits per heavy atom. The number of ether oxygens (including phenoxy) is 3. The molecule has 0 amide bonds. The number of ketones is 1. The van der Waals surface area contributed by atoms with Crippen LogP contribution in [0.2, 0.25) is 0 Å². The largest absolute Gasteiger partial charge is 0.496 e. The van der Waals surface area contributed by atoms with Gasteiger partial charge in [0.2, 0.25) is 5.78 Å². The lowest BCUT2D eigenvalue weighted by atomic mass is 10.1. The van der Waals surface area contributed by atoms with E-state index in [-0.39, 0.29) is 23.8 Å². The Hall–Kier alpha value is -3.09. The first-order chi connectivity index (χ1) is 11.1. The van der Waals surface area contributed by atoms with E-state index in [1.807, 2.05) is 0 Å². The summed E-state index contributed by atoms with van der Waals surface area (Å²) in [6.07, 6.45) is 0. The minimum Gasteiger partial charge on any atom is -0.496 e. The molecule has 0 unspecified atom stereocenters. The van der Waals surface area contributed by atoms with Crippen molar-refractivity contribution in [2.45, 2.75) is 0 Å². The molecule has 0 bridgehead atoms. The maximum Gasteiger partial charge on any atom is 0.314 e. The number of Topliss-reactive ketones (excluding diaryl/α,β-unsaturated/α-hetero) is 1. The molecule has 0 heterocycles. The molecule has 0 N–H and O–H groups in total. The molecule has 0 fully saturated rings. The molecule has 0 atom stereocenters. The Labute approximate surface area is 132 Å². The fraction of sp³-hybridized carbons (Fsp3) is 0.188. The predicted molar refractivity (Wildman–Crippen MR) is 82.5 cm³/mol. The van der Waals surface area contributed by atoms with Crippen molar-refractivity contribution in [1.29, 1.82) is 0 Å². The van der Waals surface area contributed by atoms with Crippen LogP contribution < -0.4 is 14.2 Å². The number of hydrogen-bond donors (Lipinski definition) is 0. The zero-order valence-corrected chi connectivity index (χ0v) is 12.6. The van der Waals surface area contributed by atoms with E-state index in [2.05, 4.69) is 0 Å². The number of benzene rings is 2. The molecule has 2 aromatic carbocycles. The third-order valence-electron chi connectivity index (χ3n) is 3.13. The highest BCUT2D eigenvalue weighted by Gasteiger charge is 2.19. The fourth-order valence-electron chi connectivity index (χ4n) is 1.98. The molecule has 23 heavy (non-hydrogen) atoms. The highest BCUT2D eigenvalue weighted by atomic mass is 16.6. The van der Waals surface area contributed by atoms with Crippen molar-refractivity contribution in [3.8, 4) is 17.2 Å². The smallest absolute Gasteiger partial charge is 0.314 e. The van der Waals surface area contributed by atoms with Gasteiger partial charge in [-0.05, 0) is 24.3 Å². The summed E-state index contributed by atoms with van der Waals surface area (Å²) in [5, 5.41) is 11.1. The molecule has 0 saturated heterocycles. The second-order valence-corrected chi connectivity index (χ2v) is 4.50. The van der Waals surface area contributed by atoms with Crippen molar-refractivity contribution >= 4 is 11.5 Å². The van der Waals surface area contributed by atoms with Crippen LogP contribution >= 0.6 is 0 Å². The van der Waals surface area contributed by atoms with E-state index in [1.54, 1.807) is 24.3 Å². The molecule has 0 aliphatic heterocycles. The first kappa shape index (κ1) is 16.3. The topological polar surface area (TPSA) is 87.9 Å². The normalized spacial score (nSPS) is 10.0. The van der Waals surface area contributed by atoms with Crippen LogP contribution in [0, 0.1) is 10.1 Å². The Balaban J connectivity index is 2.17. The molecule has 7 heteroatoms. The quantitative estimate of drug-likeness (QED) is 0.443. The van der Waals surface area contributed by atoms with Crippen molar-refractivity contribution in [2.75, 3.05) is 20.8 Å². The van der Waals surface area contributed by atoms with Gasteiger partial charge in [-0.25, -0.2) is 0 Å². The molecule has 0 radical (unpaired) electrons. The third-order valence-corrected chi connectivity index (χ3v) is 3.13. The number of carbonyl (C=O) groups is 1. The van der Waals surface area contributed by atoms with E-state index in [4.69, 9.17) is 14.2 Å². The first-order valence-corrected chi connectivity index (χ1v) is 6.68. The number of nitro benzene ring substituents is 1. The van der Waals surface area contributed by atoms with Gasteiger partial charge in [0.05, 0.1) is 30.8 Å². The molecule has 0 aromatic heterocycles. The summed E-state index contributed by atoms with van der Waals surface area (Å²) in [5.74, 6) is 0.414. The van der Waals surface area contributed by atoms with Gasteiger partial charge < -0.3 is 14.2 Å². The van der Waals surface area contributed by atoms with Crippen LogP contribution in [-0.4, -0.2) is 31.5 Å². The van der Waals surface area contributed by atoms with Crippen molar-refractivity contribution in [3.05, 3.63) is 58.1 Å². The van der Waals surface area contributed by atoms with Gasteiger partial charge in [0.25, 0.3) is 0 Å². The van der Waals surface area contributed by atoms with Gasteiger partial charge in [-0.2, -0.15) is 0 Å².